The number of carbonyl (C=O) groups excluding carboxylic acids is 1. The number of aromatic nitrogens is 2. The third-order valence-corrected chi connectivity index (χ3v) is 3.02. The maximum atomic E-state index is 11.6. The van der Waals surface area contributed by atoms with Crippen molar-refractivity contribution < 1.29 is 9.53 Å². The zero-order valence-corrected chi connectivity index (χ0v) is 11.0. The number of hydrogen-bond donors (Lipinski definition) is 2. The Hall–Kier alpha value is -1.56. The Morgan fingerprint density at radius 3 is 3.22 bits per heavy atom. The average molecular weight is 252 g/mol. The van der Waals surface area contributed by atoms with Gasteiger partial charge in [0.25, 0.3) is 0 Å². The molecule has 0 unspecified atom stereocenters. The summed E-state index contributed by atoms with van der Waals surface area (Å²) in [6, 6.07) is 0. The fourth-order valence-electron chi connectivity index (χ4n) is 2.03. The van der Waals surface area contributed by atoms with Gasteiger partial charge in [-0.05, 0) is 6.42 Å². The molecule has 1 aliphatic heterocycles. The monoisotopic (exact) mass is 252 g/mol. The highest BCUT2D eigenvalue weighted by Gasteiger charge is 2.20. The largest absolute Gasteiger partial charge is 0.449 e. The Kier molecular flexibility index (Phi) is 4.19. The summed E-state index contributed by atoms with van der Waals surface area (Å²) in [6.45, 7) is 4.20. The van der Waals surface area contributed by atoms with E-state index >= 15 is 0 Å². The molecule has 0 radical (unpaired) electrons. The molecule has 2 heterocycles. The number of nitrogens with zero attached hydrogens (tertiary/aromatic N) is 2. The average Bonchev–Trinajstić information content (AvgIpc) is 2.67. The lowest BCUT2D eigenvalue weighted by atomic mass is 10.1. The fraction of sp³-hybridized carbons (Fsp3) is 0.667. The summed E-state index contributed by atoms with van der Waals surface area (Å²) in [5.74, 6) is 0.735. The van der Waals surface area contributed by atoms with Crippen molar-refractivity contribution in [3.63, 3.8) is 0 Å². The van der Waals surface area contributed by atoms with Gasteiger partial charge in [-0.15, -0.1) is 0 Å². The zero-order chi connectivity index (χ0) is 13.0. The number of nitrogens with one attached hydrogen (secondary N) is 2. The minimum absolute atomic E-state index is 0.403. The van der Waals surface area contributed by atoms with Crippen molar-refractivity contribution in [2.75, 3.05) is 18.5 Å². The van der Waals surface area contributed by atoms with E-state index in [1.807, 2.05) is 7.05 Å². The van der Waals surface area contributed by atoms with Crippen molar-refractivity contribution >= 4 is 11.9 Å². The van der Waals surface area contributed by atoms with E-state index in [1.54, 1.807) is 4.68 Å². The van der Waals surface area contributed by atoms with Crippen LogP contribution in [0.1, 0.15) is 31.0 Å². The van der Waals surface area contributed by atoms with Crippen molar-refractivity contribution in [2.24, 2.45) is 7.05 Å². The molecule has 100 valence electrons. The lowest BCUT2D eigenvalue weighted by molar-refractivity contribution is 0.159. The van der Waals surface area contributed by atoms with Gasteiger partial charge in [0.1, 0.15) is 5.82 Å². The molecule has 1 aliphatic rings. The third kappa shape index (κ3) is 2.81. The molecule has 1 aromatic rings. The molecule has 1 amide bonds. The summed E-state index contributed by atoms with van der Waals surface area (Å²) in [6.07, 6.45) is 2.40. The van der Waals surface area contributed by atoms with Gasteiger partial charge in [-0.3, -0.25) is 10.00 Å². The van der Waals surface area contributed by atoms with E-state index in [9.17, 15) is 4.79 Å². The van der Waals surface area contributed by atoms with Gasteiger partial charge in [-0.2, -0.15) is 5.10 Å². The normalized spacial score (nSPS) is 14.1. The van der Waals surface area contributed by atoms with E-state index in [1.165, 1.54) is 0 Å². The summed E-state index contributed by atoms with van der Waals surface area (Å²) < 4.78 is 6.80. The molecule has 0 saturated carbocycles. The Morgan fingerprint density at radius 2 is 2.44 bits per heavy atom. The van der Waals surface area contributed by atoms with E-state index in [-0.39, 0.29) is 0 Å². The standard InChI is InChI=1S/C12H20N4O2/c1-3-4-7-18-12(17)14-11-9-8-13-6-5-10(9)15-16(11)2/h13H,3-8H2,1-2H3,(H,14,17). The molecule has 0 bridgehead atoms. The quantitative estimate of drug-likeness (QED) is 0.795. The molecule has 0 aliphatic carbocycles. The first-order valence-corrected chi connectivity index (χ1v) is 6.41. The fourth-order valence-corrected chi connectivity index (χ4v) is 2.03. The topological polar surface area (TPSA) is 68.2 Å². The van der Waals surface area contributed by atoms with Gasteiger partial charge in [-0.25, -0.2) is 4.79 Å². The van der Waals surface area contributed by atoms with E-state index in [4.69, 9.17) is 4.74 Å². The number of aryl methyl sites for hydroxylation is 1. The molecule has 6 heteroatoms. The van der Waals surface area contributed by atoms with Gasteiger partial charge in [-0.1, -0.05) is 13.3 Å². The van der Waals surface area contributed by atoms with Crippen LogP contribution < -0.4 is 10.6 Å². The summed E-state index contributed by atoms with van der Waals surface area (Å²) in [5, 5.41) is 10.5. The van der Waals surface area contributed by atoms with E-state index in [2.05, 4.69) is 22.7 Å². The molecule has 2 N–H and O–H groups in total. The molecule has 0 saturated heterocycles. The summed E-state index contributed by atoms with van der Waals surface area (Å²) in [4.78, 5) is 11.6. The number of fused-ring (bicyclic) bond motifs is 1. The van der Waals surface area contributed by atoms with Gasteiger partial charge >= 0.3 is 6.09 Å². The van der Waals surface area contributed by atoms with Crippen LogP contribution in [0.3, 0.4) is 0 Å². The van der Waals surface area contributed by atoms with Gasteiger partial charge in [0.05, 0.1) is 12.3 Å². The van der Waals surface area contributed by atoms with Crippen molar-refractivity contribution in [2.45, 2.75) is 32.7 Å². The van der Waals surface area contributed by atoms with Crippen LogP contribution in [0.25, 0.3) is 0 Å². The molecule has 18 heavy (non-hydrogen) atoms. The predicted molar refractivity (Wildman–Crippen MR) is 68.5 cm³/mol. The van der Waals surface area contributed by atoms with Gasteiger partial charge < -0.3 is 10.1 Å². The van der Waals surface area contributed by atoms with Crippen LogP contribution in [0, 0.1) is 0 Å². The smallest absolute Gasteiger partial charge is 0.412 e. The molecular formula is C12H20N4O2. The minimum Gasteiger partial charge on any atom is -0.449 e. The van der Waals surface area contributed by atoms with E-state index < -0.39 is 6.09 Å². The Bertz CT molecular complexity index is 428. The first kappa shape index (κ1) is 12.9. The van der Waals surface area contributed by atoms with Gasteiger partial charge in [0.15, 0.2) is 0 Å². The maximum absolute atomic E-state index is 11.6. The lowest BCUT2D eigenvalue weighted by Gasteiger charge is -2.13. The van der Waals surface area contributed by atoms with Gasteiger partial charge in [0, 0.05) is 32.1 Å². The zero-order valence-electron chi connectivity index (χ0n) is 11.0. The molecule has 0 atom stereocenters. The summed E-state index contributed by atoms with van der Waals surface area (Å²) >= 11 is 0. The second-order valence-electron chi connectivity index (χ2n) is 4.44. The molecule has 0 spiro atoms. The summed E-state index contributed by atoms with van der Waals surface area (Å²) in [7, 11) is 1.83. The number of carbonyl (C=O) groups is 1. The molecular weight excluding hydrogens is 232 g/mol. The lowest BCUT2D eigenvalue weighted by Crippen LogP contribution is -2.24. The molecule has 0 fully saturated rings. The second-order valence-corrected chi connectivity index (χ2v) is 4.44. The van der Waals surface area contributed by atoms with Crippen LogP contribution in [-0.4, -0.2) is 29.0 Å². The van der Waals surface area contributed by atoms with E-state index in [0.717, 1.165) is 49.4 Å². The van der Waals surface area contributed by atoms with Crippen molar-refractivity contribution in [3.8, 4) is 0 Å². The highest BCUT2D eigenvalue weighted by molar-refractivity contribution is 5.84. The van der Waals surface area contributed by atoms with Gasteiger partial charge in [0.2, 0.25) is 0 Å². The number of ether oxygens (including phenoxy) is 1. The second kappa shape index (κ2) is 5.86. The van der Waals surface area contributed by atoms with Crippen LogP contribution in [0.5, 0.6) is 0 Å². The molecule has 1 aromatic heterocycles. The number of anilines is 1. The first-order valence-electron chi connectivity index (χ1n) is 6.41. The van der Waals surface area contributed by atoms with Crippen LogP contribution >= 0.6 is 0 Å². The number of hydrogen-bond acceptors (Lipinski definition) is 4. The van der Waals surface area contributed by atoms with Crippen molar-refractivity contribution in [1.82, 2.24) is 15.1 Å². The number of amides is 1. The maximum Gasteiger partial charge on any atom is 0.412 e. The molecule has 2 rings (SSSR count). The first-order chi connectivity index (χ1) is 8.72. The van der Waals surface area contributed by atoms with Crippen molar-refractivity contribution in [3.05, 3.63) is 11.3 Å². The SMILES string of the molecule is CCCCOC(=O)Nc1c2c(nn1C)CCNC2. The third-order valence-electron chi connectivity index (χ3n) is 3.02. The van der Waals surface area contributed by atoms with E-state index in [0.29, 0.717) is 6.61 Å². The molecule has 0 aromatic carbocycles. The molecule has 6 nitrogen and oxygen atoms in total. The predicted octanol–water partition coefficient (Wildman–Crippen LogP) is 1.41. The van der Waals surface area contributed by atoms with Crippen molar-refractivity contribution in [1.29, 1.82) is 0 Å². The highest BCUT2D eigenvalue weighted by atomic mass is 16.5. The van der Waals surface area contributed by atoms with Crippen LogP contribution in [0.15, 0.2) is 0 Å². The van der Waals surface area contributed by atoms with Crippen LogP contribution in [-0.2, 0) is 24.8 Å². The Balaban J connectivity index is 2.00. The highest BCUT2D eigenvalue weighted by Crippen LogP contribution is 2.22. The van der Waals surface area contributed by atoms with Crippen LogP contribution in [0.2, 0.25) is 0 Å². The summed E-state index contributed by atoms with van der Waals surface area (Å²) in [5.41, 5.74) is 2.12. The minimum atomic E-state index is -0.403. The number of unbranched alkanes of at least 4 members (excludes halogenated alkanes) is 1. The van der Waals surface area contributed by atoms with Crippen LogP contribution in [0.4, 0.5) is 10.6 Å². The Morgan fingerprint density at radius 1 is 1.61 bits per heavy atom. The number of rotatable bonds is 4. The Labute approximate surface area is 107 Å².